The van der Waals surface area contributed by atoms with Gasteiger partial charge in [0.25, 0.3) is 0 Å². The predicted molar refractivity (Wildman–Crippen MR) is 103 cm³/mol. The van der Waals surface area contributed by atoms with Crippen molar-refractivity contribution >= 4 is 0 Å². The summed E-state index contributed by atoms with van der Waals surface area (Å²) in [5.41, 5.74) is 0.359. The molecule has 0 amide bonds. The zero-order valence-electron chi connectivity index (χ0n) is 16.3. The molecule has 4 rings (SSSR count). The molecule has 0 radical (unpaired) electrons. The van der Waals surface area contributed by atoms with Crippen molar-refractivity contribution in [3.63, 3.8) is 0 Å². The fraction of sp³-hybridized carbons (Fsp3) is 0.727. The molecule has 3 nitrogen and oxygen atoms in total. The van der Waals surface area contributed by atoms with E-state index in [-0.39, 0.29) is 11.2 Å². The molecule has 4 heteroatoms. The topological polar surface area (TPSA) is 26.7 Å². The van der Waals surface area contributed by atoms with Crippen molar-refractivity contribution in [3.8, 4) is 0 Å². The van der Waals surface area contributed by atoms with Crippen molar-refractivity contribution in [1.29, 1.82) is 0 Å². The fourth-order valence-electron chi connectivity index (χ4n) is 5.66. The molecule has 1 aromatic carbocycles. The Bertz CT molecular complexity index is 610. The van der Waals surface area contributed by atoms with Crippen molar-refractivity contribution in [3.05, 3.63) is 35.6 Å². The zero-order chi connectivity index (χ0) is 18.4. The lowest BCUT2D eigenvalue weighted by Gasteiger charge is -2.47. The third-order valence-corrected chi connectivity index (χ3v) is 6.76. The van der Waals surface area contributed by atoms with Crippen molar-refractivity contribution in [1.82, 2.24) is 9.80 Å². The molecule has 0 saturated carbocycles. The molecule has 3 atom stereocenters. The van der Waals surface area contributed by atoms with E-state index in [0.29, 0.717) is 12.1 Å². The van der Waals surface area contributed by atoms with Gasteiger partial charge in [0.05, 0.1) is 5.60 Å². The quantitative estimate of drug-likeness (QED) is 0.866. The lowest BCUT2D eigenvalue weighted by molar-refractivity contribution is -0.0667. The Morgan fingerprint density at radius 3 is 2.19 bits per heavy atom. The highest BCUT2D eigenvalue weighted by atomic mass is 19.1. The number of halogens is 1. The molecule has 3 heterocycles. The number of hydrogen-bond donors (Lipinski definition) is 1. The predicted octanol–water partition coefficient (Wildman–Crippen LogP) is 3.76. The van der Waals surface area contributed by atoms with Crippen molar-refractivity contribution in [2.75, 3.05) is 26.2 Å². The van der Waals surface area contributed by atoms with Crippen LogP contribution in [0, 0.1) is 11.2 Å². The molecule has 3 aliphatic rings. The summed E-state index contributed by atoms with van der Waals surface area (Å²) in [7, 11) is 0. The maximum atomic E-state index is 13.3. The van der Waals surface area contributed by atoms with Gasteiger partial charge >= 0.3 is 0 Å². The van der Waals surface area contributed by atoms with E-state index < -0.39 is 5.60 Å². The number of nitrogens with zero attached hydrogens (tertiary/aromatic N) is 2. The highest BCUT2D eigenvalue weighted by Crippen LogP contribution is 2.46. The first-order valence-corrected chi connectivity index (χ1v) is 10.3. The Balaban J connectivity index is 1.44. The van der Waals surface area contributed by atoms with Crippen molar-refractivity contribution < 1.29 is 9.50 Å². The van der Waals surface area contributed by atoms with Crippen LogP contribution in [0.5, 0.6) is 0 Å². The second-order valence-corrected chi connectivity index (χ2v) is 9.65. The number of piperidine rings is 1. The van der Waals surface area contributed by atoms with Gasteiger partial charge in [-0.25, -0.2) is 4.39 Å². The van der Waals surface area contributed by atoms with Crippen LogP contribution in [0.1, 0.15) is 57.9 Å². The second kappa shape index (κ2) is 6.88. The van der Waals surface area contributed by atoms with E-state index in [2.05, 4.69) is 23.6 Å². The van der Waals surface area contributed by atoms with Gasteiger partial charge in [0.1, 0.15) is 5.82 Å². The molecule has 0 aromatic heterocycles. The lowest BCUT2D eigenvalue weighted by Crippen LogP contribution is -2.53. The van der Waals surface area contributed by atoms with E-state index in [1.165, 1.54) is 57.5 Å². The van der Waals surface area contributed by atoms with Crippen LogP contribution in [0.2, 0.25) is 0 Å². The van der Waals surface area contributed by atoms with E-state index >= 15 is 0 Å². The largest absolute Gasteiger partial charge is 0.385 e. The molecule has 26 heavy (non-hydrogen) atoms. The molecule has 3 fully saturated rings. The molecule has 0 spiro atoms. The summed E-state index contributed by atoms with van der Waals surface area (Å²) in [5, 5.41) is 11.3. The van der Waals surface area contributed by atoms with Crippen LogP contribution in [-0.2, 0) is 5.60 Å². The Kier molecular flexibility index (Phi) is 4.87. The number of aliphatic hydroxyl groups is 1. The summed E-state index contributed by atoms with van der Waals surface area (Å²) in [4.78, 5) is 5.29. The first-order valence-electron chi connectivity index (χ1n) is 10.3. The maximum absolute atomic E-state index is 13.3. The number of benzene rings is 1. The fourth-order valence-corrected chi connectivity index (χ4v) is 5.66. The molecule has 3 aliphatic heterocycles. The van der Waals surface area contributed by atoms with Crippen LogP contribution in [0.4, 0.5) is 4.39 Å². The summed E-state index contributed by atoms with van der Waals surface area (Å²) in [5.74, 6) is -0.235. The minimum Gasteiger partial charge on any atom is -0.385 e. The third-order valence-electron chi connectivity index (χ3n) is 6.76. The number of rotatable bonds is 5. The van der Waals surface area contributed by atoms with Crippen molar-refractivity contribution in [2.45, 2.75) is 70.1 Å². The Labute approximate surface area is 157 Å². The van der Waals surface area contributed by atoms with Gasteiger partial charge in [-0.15, -0.1) is 0 Å². The Hall–Kier alpha value is -0.970. The molecule has 0 aliphatic carbocycles. The number of hydrogen-bond acceptors (Lipinski definition) is 3. The van der Waals surface area contributed by atoms with E-state index in [1.54, 1.807) is 12.1 Å². The molecular weight excluding hydrogens is 327 g/mol. The van der Waals surface area contributed by atoms with Crippen LogP contribution in [0.15, 0.2) is 24.3 Å². The molecule has 1 N–H and O–H groups in total. The third kappa shape index (κ3) is 3.69. The van der Waals surface area contributed by atoms with E-state index in [1.807, 2.05) is 0 Å². The lowest BCUT2D eigenvalue weighted by atomic mass is 9.79. The maximum Gasteiger partial charge on any atom is 0.123 e. The van der Waals surface area contributed by atoms with Gasteiger partial charge in [-0.1, -0.05) is 26.0 Å². The molecule has 144 valence electrons. The summed E-state index contributed by atoms with van der Waals surface area (Å²) in [6.07, 6.45) is 6.58. The van der Waals surface area contributed by atoms with Gasteiger partial charge in [0.2, 0.25) is 0 Å². The second-order valence-electron chi connectivity index (χ2n) is 9.65. The minimum absolute atomic E-state index is 0.235. The molecular formula is C22H33FN2O. The van der Waals surface area contributed by atoms with E-state index in [0.717, 1.165) is 24.9 Å². The smallest absolute Gasteiger partial charge is 0.123 e. The van der Waals surface area contributed by atoms with Crippen LogP contribution in [-0.4, -0.2) is 53.2 Å². The highest BCUT2D eigenvalue weighted by Gasteiger charge is 2.49. The van der Waals surface area contributed by atoms with Gasteiger partial charge < -0.3 is 10.0 Å². The monoisotopic (exact) mass is 360 g/mol. The Morgan fingerprint density at radius 2 is 1.62 bits per heavy atom. The highest BCUT2D eigenvalue weighted by molar-refractivity contribution is 5.25. The molecule has 2 bridgehead atoms. The minimum atomic E-state index is -0.796. The van der Waals surface area contributed by atoms with Gasteiger partial charge in [0, 0.05) is 25.2 Å². The first kappa shape index (κ1) is 18.4. The summed E-state index contributed by atoms with van der Waals surface area (Å²) in [6.45, 7) is 9.57. The van der Waals surface area contributed by atoms with Gasteiger partial charge in [-0.3, -0.25) is 4.90 Å². The summed E-state index contributed by atoms with van der Waals surface area (Å²) < 4.78 is 13.3. The SMILES string of the molecule is CC(C)(CN1CCCC1)CN1[C@@H]2CC[C@H]1CC(O)(c1ccc(F)cc1)C2. The first-order chi connectivity index (χ1) is 12.3. The standard InChI is InChI=1S/C22H33FN2O/c1-21(2,15-24-11-3-4-12-24)16-25-19-9-10-20(25)14-22(26,13-19)17-5-7-18(23)8-6-17/h5-8,19-20,26H,3-4,9-16H2,1-2H3/t19-,20+,22?. The summed E-state index contributed by atoms with van der Waals surface area (Å²) in [6, 6.07) is 7.37. The van der Waals surface area contributed by atoms with E-state index in [4.69, 9.17) is 0 Å². The number of fused-ring (bicyclic) bond motifs is 2. The molecule has 3 saturated heterocycles. The van der Waals surface area contributed by atoms with Crippen molar-refractivity contribution in [2.24, 2.45) is 5.41 Å². The average Bonchev–Trinajstić information content (AvgIpc) is 3.14. The average molecular weight is 361 g/mol. The van der Waals surface area contributed by atoms with E-state index in [9.17, 15) is 9.50 Å². The normalized spacial score (nSPS) is 33.1. The van der Waals surface area contributed by atoms with Gasteiger partial charge in [-0.05, 0) is 74.7 Å². The van der Waals surface area contributed by atoms with Crippen LogP contribution < -0.4 is 0 Å². The molecule has 1 unspecified atom stereocenters. The summed E-state index contributed by atoms with van der Waals surface area (Å²) >= 11 is 0. The Morgan fingerprint density at radius 1 is 1.04 bits per heavy atom. The number of likely N-dealkylation sites (tertiary alicyclic amines) is 1. The zero-order valence-corrected chi connectivity index (χ0v) is 16.3. The van der Waals surface area contributed by atoms with Crippen LogP contribution in [0.25, 0.3) is 0 Å². The van der Waals surface area contributed by atoms with Gasteiger partial charge in [-0.2, -0.15) is 0 Å². The van der Waals surface area contributed by atoms with Crippen LogP contribution >= 0.6 is 0 Å². The molecule has 1 aromatic rings. The van der Waals surface area contributed by atoms with Gasteiger partial charge in [0.15, 0.2) is 0 Å². The van der Waals surface area contributed by atoms with Crippen LogP contribution in [0.3, 0.4) is 0 Å².